The van der Waals surface area contributed by atoms with Crippen LogP contribution in [0, 0.1) is 0 Å². The molecule has 0 saturated carbocycles. The first-order valence-corrected chi connectivity index (χ1v) is 8.76. The molecule has 0 aliphatic heterocycles. The molecule has 0 aromatic rings. The molecule has 0 aromatic carbocycles. The molecule has 0 fully saturated rings. The lowest BCUT2D eigenvalue weighted by atomic mass is 10.1. The fraction of sp³-hybridized carbons (Fsp3) is 1.00. The molecule has 0 bridgehead atoms. The molecule has 3 heteroatoms. The molecule has 0 heterocycles. The monoisotopic (exact) mass is 248 g/mol. The van der Waals surface area contributed by atoms with Gasteiger partial charge < -0.3 is 9.67 Å². The van der Waals surface area contributed by atoms with Crippen molar-refractivity contribution >= 4 is 7.80 Å². The molecule has 0 saturated heterocycles. The van der Waals surface area contributed by atoms with Crippen molar-refractivity contribution in [3.63, 3.8) is 0 Å². The van der Waals surface area contributed by atoms with E-state index in [-0.39, 0.29) is 6.35 Å². The Bertz CT molecular complexity index is 160. The number of unbranched alkanes of at least 4 members (excludes halogenated alkanes) is 9. The third-order valence-electron chi connectivity index (χ3n) is 2.99. The van der Waals surface area contributed by atoms with Crippen LogP contribution in [0.3, 0.4) is 0 Å². The van der Waals surface area contributed by atoms with Gasteiger partial charge in [0.05, 0.1) is 6.35 Å². The first kappa shape index (κ1) is 16.2. The molecule has 0 aliphatic rings. The van der Waals surface area contributed by atoms with Gasteiger partial charge in [-0.05, 0) is 6.42 Å². The molecule has 1 N–H and O–H groups in total. The van der Waals surface area contributed by atoms with E-state index >= 15 is 0 Å². The van der Waals surface area contributed by atoms with Crippen LogP contribution in [0.4, 0.5) is 0 Å². The highest BCUT2D eigenvalue weighted by Crippen LogP contribution is 2.20. The van der Waals surface area contributed by atoms with Crippen LogP contribution < -0.4 is 0 Å². The van der Waals surface area contributed by atoms with Crippen molar-refractivity contribution in [2.24, 2.45) is 0 Å². The largest absolute Gasteiger partial charge is 0.389 e. The van der Waals surface area contributed by atoms with Gasteiger partial charge in [0.1, 0.15) is 7.80 Å². The van der Waals surface area contributed by atoms with E-state index in [9.17, 15) is 4.57 Å². The van der Waals surface area contributed by atoms with Crippen molar-refractivity contribution in [2.75, 3.05) is 12.5 Å². The van der Waals surface area contributed by atoms with Crippen LogP contribution in [0.1, 0.15) is 71.1 Å². The minimum atomic E-state index is -1.63. The van der Waals surface area contributed by atoms with E-state index in [2.05, 4.69) is 6.92 Å². The lowest BCUT2D eigenvalue weighted by Gasteiger charge is -2.02. The van der Waals surface area contributed by atoms with Gasteiger partial charge in [-0.3, -0.25) is 0 Å². The van der Waals surface area contributed by atoms with Gasteiger partial charge in [-0.2, -0.15) is 0 Å². The van der Waals surface area contributed by atoms with Crippen LogP contribution in [-0.4, -0.2) is 17.6 Å². The van der Waals surface area contributed by atoms with Crippen molar-refractivity contribution in [1.82, 2.24) is 0 Å². The van der Waals surface area contributed by atoms with Crippen LogP contribution in [0.15, 0.2) is 0 Å². The third-order valence-corrected chi connectivity index (χ3v) is 4.25. The molecule has 1 atom stereocenters. The highest BCUT2D eigenvalue weighted by molar-refractivity contribution is 7.44. The van der Waals surface area contributed by atoms with E-state index in [1.54, 1.807) is 0 Å². The molecule has 0 radical (unpaired) electrons. The summed E-state index contributed by atoms with van der Waals surface area (Å²) in [6, 6.07) is 0. The topological polar surface area (TPSA) is 37.3 Å². The van der Waals surface area contributed by atoms with Crippen molar-refractivity contribution in [2.45, 2.75) is 71.1 Å². The number of aliphatic hydroxyl groups is 1. The summed E-state index contributed by atoms with van der Waals surface area (Å²) < 4.78 is 11.0. The van der Waals surface area contributed by atoms with E-state index in [0.29, 0.717) is 0 Å². The lowest BCUT2D eigenvalue weighted by molar-refractivity contribution is 0.362. The number of rotatable bonds is 12. The zero-order valence-corrected chi connectivity index (χ0v) is 11.8. The van der Waals surface area contributed by atoms with E-state index in [1.807, 2.05) is 0 Å². The third kappa shape index (κ3) is 12.3. The molecule has 16 heavy (non-hydrogen) atoms. The Morgan fingerprint density at radius 3 is 1.69 bits per heavy atom. The minimum Gasteiger partial charge on any atom is -0.389 e. The molecule has 0 rings (SSSR count). The summed E-state index contributed by atoms with van der Waals surface area (Å²) >= 11 is 0. The van der Waals surface area contributed by atoms with Gasteiger partial charge in [-0.15, -0.1) is 0 Å². The van der Waals surface area contributed by atoms with E-state index in [1.165, 1.54) is 57.8 Å². The predicted molar refractivity (Wildman–Crippen MR) is 72.8 cm³/mol. The van der Waals surface area contributed by atoms with Gasteiger partial charge >= 0.3 is 0 Å². The van der Waals surface area contributed by atoms with Crippen LogP contribution in [0.2, 0.25) is 0 Å². The summed E-state index contributed by atoms with van der Waals surface area (Å²) in [5.74, 6) is 0. The molecule has 98 valence electrons. The fourth-order valence-electron chi connectivity index (χ4n) is 1.89. The second kappa shape index (κ2) is 13.3. The fourth-order valence-corrected chi connectivity index (χ4v) is 2.69. The van der Waals surface area contributed by atoms with Crippen molar-refractivity contribution < 1.29 is 9.67 Å². The smallest absolute Gasteiger partial charge is 0.100 e. The SMILES string of the molecule is CCCCCCCCCCCC[PH](=O)CO. The Labute approximate surface area is 102 Å². The first-order valence-electron chi connectivity index (χ1n) is 6.93. The van der Waals surface area contributed by atoms with Gasteiger partial charge in [0.2, 0.25) is 0 Å². The van der Waals surface area contributed by atoms with Gasteiger partial charge in [0.25, 0.3) is 0 Å². The maximum Gasteiger partial charge on any atom is 0.100 e. The van der Waals surface area contributed by atoms with Crippen molar-refractivity contribution in [3.8, 4) is 0 Å². The zero-order chi connectivity index (χ0) is 12.1. The van der Waals surface area contributed by atoms with E-state index < -0.39 is 7.80 Å². The number of hydrogen-bond donors (Lipinski definition) is 1. The minimum absolute atomic E-state index is 0.0951. The summed E-state index contributed by atoms with van der Waals surface area (Å²) in [6.07, 6.45) is 13.7. The Kier molecular flexibility index (Phi) is 13.4. The van der Waals surface area contributed by atoms with Crippen molar-refractivity contribution in [3.05, 3.63) is 0 Å². The average molecular weight is 248 g/mol. The molecular weight excluding hydrogens is 219 g/mol. The van der Waals surface area contributed by atoms with E-state index in [4.69, 9.17) is 5.11 Å². The average Bonchev–Trinajstić information content (AvgIpc) is 2.31. The van der Waals surface area contributed by atoms with Crippen LogP contribution in [0.5, 0.6) is 0 Å². The quantitative estimate of drug-likeness (QED) is 0.410. The number of hydrogen-bond acceptors (Lipinski definition) is 2. The normalized spacial score (nSPS) is 12.9. The van der Waals surface area contributed by atoms with E-state index in [0.717, 1.165) is 12.6 Å². The maximum atomic E-state index is 11.0. The van der Waals surface area contributed by atoms with Crippen LogP contribution >= 0.6 is 7.80 Å². The van der Waals surface area contributed by atoms with Crippen LogP contribution in [-0.2, 0) is 4.57 Å². The van der Waals surface area contributed by atoms with Gasteiger partial charge in [0.15, 0.2) is 0 Å². The molecule has 0 amide bonds. The van der Waals surface area contributed by atoms with Gasteiger partial charge in [0, 0.05) is 6.16 Å². The molecular formula is C13H29O2P. The first-order chi connectivity index (χ1) is 7.81. The number of aliphatic hydroxyl groups excluding tert-OH is 1. The Balaban J connectivity index is 2.96. The maximum absolute atomic E-state index is 11.0. The summed E-state index contributed by atoms with van der Waals surface area (Å²) in [5, 5.41) is 8.61. The van der Waals surface area contributed by atoms with Gasteiger partial charge in [-0.1, -0.05) is 64.7 Å². The standard InChI is InChI=1S/C13H29O2P/c1-2-3-4-5-6-7-8-9-10-11-12-16(15)13-14/h14,16H,2-13H2,1H3. The van der Waals surface area contributed by atoms with Crippen molar-refractivity contribution in [1.29, 1.82) is 0 Å². The lowest BCUT2D eigenvalue weighted by Crippen LogP contribution is -1.85. The Morgan fingerprint density at radius 1 is 0.812 bits per heavy atom. The highest BCUT2D eigenvalue weighted by Gasteiger charge is 1.97. The molecule has 0 aliphatic carbocycles. The molecule has 1 unspecified atom stereocenters. The summed E-state index contributed by atoms with van der Waals surface area (Å²) in [4.78, 5) is 0. The molecule has 0 aromatic heterocycles. The summed E-state index contributed by atoms with van der Waals surface area (Å²) in [6.45, 7) is 2.25. The summed E-state index contributed by atoms with van der Waals surface area (Å²) in [5.41, 5.74) is 0. The van der Waals surface area contributed by atoms with Gasteiger partial charge in [-0.25, -0.2) is 0 Å². The molecule has 0 spiro atoms. The zero-order valence-electron chi connectivity index (χ0n) is 10.8. The second-order valence-electron chi connectivity index (χ2n) is 4.63. The van der Waals surface area contributed by atoms with Crippen LogP contribution in [0.25, 0.3) is 0 Å². The highest BCUT2D eigenvalue weighted by atomic mass is 31.1. The Hall–Kier alpha value is 0.190. The predicted octanol–water partition coefficient (Wildman–Crippen LogP) is 4.42. The summed E-state index contributed by atoms with van der Waals surface area (Å²) in [7, 11) is -1.63. The second-order valence-corrected chi connectivity index (χ2v) is 6.52. The Morgan fingerprint density at radius 2 is 1.25 bits per heavy atom. The molecule has 2 nitrogen and oxygen atoms in total.